The molecule has 0 bridgehead atoms. The number of hydrogen-bond acceptors (Lipinski definition) is 2. The lowest BCUT2D eigenvalue weighted by molar-refractivity contribution is 0.633. The van der Waals surface area contributed by atoms with Crippen LogP contribution in [0.3, 0.4) is 0 Å². The van der Waals surface area contributed by atoms with Crippen molar-refractivity contribution in [3.05, 3.63) is 209 Å². The highest BCUT2D eigenvalue weighted by molar-refractivity contribution is 6.14. The Balaban J connectivity index is 1.14. The number of aromatic nitrogens is 3. The maximum atomic E-state index is 5.79. The normalized spacial score (nSPS) is 14.8. The first kappa shape index (κ1) is 31.1. The molecule has 0 N–H and O–H groups in total. The standard InChI is InChI=1S/C54H35N3/c1-53(2)42-22-10-8-21-39(42)50-51(53)56-52(57-47-26-14-9-20-38(47)41-29-32-15-3-4-16-33(32)31-48(41)57)49(55-50)34-27-28-46-40(30-34)37-19-7-13-25-45(37)54(46)43-23-11-5-17-35(43)36-18-6-12-24-44(36)54/h3-31H,1-2H3. The molecule has 0 saturated carbocycles. The number of hydrogen-bond donors (Lipinski definition) is 0. The van der Waals surface area contributed by atoms with Gasteiger partial charge < -0.3 is 0 Å². The van der Waals surface area contributed by atoms with Gasteiger partial charge in [0.05, 0.1) is 27.8 Å². The highest BCUT2D eigenvalue weighted by Crippen LogP contribution is 2.63. The molecule has 13 rings (SSSR count). The van der Waals surface area contributed by atoms with Crippen LogP contribution in [0.5, 0.6) is 0 Å². The van der Waals surface area contributed by atoms with Crippen LogP contribution in [0.25, 0.3) is 83.2 Å². The van der Waals surface area contributed by atoms with Crippen molar-refractivity contribution in [1.82, 2.24) is 14.5 Å². The predicted molar refractivity (Wildman–Crippen MR) is 233 cm³/mol. The van der Waals surface area contributed by atoms with E-state index in [1.54, 1.807) is 0 Å². The maximum Gasteiger partial charge on any atom is 0.164 e. The van der Waals surface area contributed by atoms with Crippen molar-refractivity contribution in [2.45, 2.75) is 24.7 Å². The lowest BCUT2D eigenvalue weighted by Gasteiger charge is -2.30. The average molecular weight is 726 g/mol. The summed E-state index contributed by atoms with van der Waals surface area (Å²) in [6, 6.07) is 64.9. The van der Waals surface area contributed by atoms with Gasteiger partial charge in [-0.15, -0.1) is 0 Å². The Morgan fingerprint density at radius 2 is 0.947 bits per heavy atom. The van der Waals surface area contributed by atoms with Crippen LogP contribution in [-0.2, 0) is 10.8 Å². The van der Waals surface area contributed by atoms with E-state index in [9.17, 15) is 0 Å². The van der Waals surface area contributed by atoms with Crippen LogP contribution in [0.4, 0.5) is 0 Å². The molecule has 57 heavy (non-hydrogen) atoms. The molecule has 2 aromatic heterocycles. The summed E-state index contributed by atoms with van der Waals surface area (Å²) < 4.78 is 2.38. The minimum Gasteiger partial charge on any atom is -0.292 e. The van der Waals surface area contributed by atoms with E-state index in [2.05, 4.69) is 194 Å². The summed E-state index contributed by atoms with van der Waals surface area (Å²) in [5.41, 5.74) is 18.4. The van der Waals surface area contributed by atoms with Crippen LogP contribution in [-0.4, -0.2) is 14.5 Å². The van der Waals surface area contributed by atoms with Gasteiger partial charge in [0, 0.05) is 27.3 Å². The van der Waals surface area contributed by atoms with Gasteiger partial charge in [0.15, 0.2) is 5.82 Å². The van der Waals surface area contributed by atoms with E-state index in [-0.39, 0.29) is 5.41 Å². The zero-order chi connectivity index (χ0) is 37.6. The molecule has 3 aliphatic rings. The maximum absolute atomic E-state index is 5.79. The van der Waals surface area contributed by atoms with Gasteiger partial charge in [-0.1, -0.05) is 166 Å². The molecule has 0 atom stereocenters. The Kier molecular flexibility index (Phi) is 5.90. The molecule has 0 saturated heterocycles. The number of nitrogens with zero attached hydrogens (tertiary/aromatic N) is 3. The molecule has 8 aromatic carbocycles. The fourth-order valence-electron chi connectivity index (χ4n) is 10.9. The van der Waals surface area contributed by atoms with E-state index in [4.69, 9.17) is 9.97 Å². The summed E-state index contributed by atoms with van der Waals surface area (Å²) in [7, 11) is 0. The highest BCUT2D eigenvalue weighted by atomic mass is 15.1. The van der Waals surface area contributed by atoms with Gasteiger partial charge in [0.2, 0.25) is 0 Å². The lowest BCUT2D eigenvalue weighted by atomic mass is 9.70. The Morgan fingerprint density at radius 1 is 0.404 bits per heavy atom. The molecular weight excluding hydrogens is 691 g/mol. The van der Waals surface area contributed by atoms with Crippen molar-refractivity contribution in [2.75, 3.05) is 0 Å². The summed E-state index contributed by atoms with van der Waals surface area (Å²) in [4.78, 5) is 11.5. The van der Waals surface area contributed by atoms with E-state index < -0.39 is 5.41 Å². The Labute approximate surface area is 330 Å². The minimum atomic E-state index is -0.402. The fourth-order valence-corrected chi connectivity index (χ4v) is 10.9. The Bertz CT molecular complexity index is 3350. The Hall–Kier alpha value is -7.10. The highest BCUT2D eigenvalue weighted by Gasteiger charge is 2.51. The zero-order valence-corrected chi connectivity index (χ0v) is 31.6. The predicted octanol–water partition coefficient (Wildman–Crippen LogP) is 13.0. The van der Waals surface area contributed by atoms with Crippen LogP contribution in [0.1, 0.15) is 47.4 Å². The van der Waals surface area contributed by atoms with Crippen molar-refractivity contribution >= 4 is 32.6 Å². The van der Waals surface area contributed by atoms with Gasteiger partial charge in [-0.2, -0.15) is 0 Å². The molecular formula is C54H35N3. The molecule has 3 heteroatoms. The monoisotopic (exact) mass is 725 g/mol. The largest absolute Gasteiger partial charge is 0.292 e. The topological polar surface area (TPSA) is 30.7 Å². The molecule has 0 radical (unpaired) electrons. The summed E-state index contributed by atoms with van der Waals surface area (Å²) in [6.07, 6.45) is 0. The smallest absolute Gasteiger partial charge is 0.164 e. The summed E-state index contributed by atoms with van der Waals surface area (Å²) in [5.74, 6) is 0.855. The quantitative estimate of drug-likeness (QED) is 0.178. The van der Waals surface area contributed by atoms with Gasteiger partial charge >= 0.3 is 0 Å². The molecule has 3 aliphatic carbocycles. The SMILES string of the molecule is CC1(C)c2ccccc2-c2nc(-c3ccc4c(c3)-c3ccccc3C43c4ccccc4-c4ccccc43)c(-n3c4ccccc4c4cc5ccccc5cc43)nc21. The van der Waals surface area contributed by atoms with Crippen molar-refractivity contribution in [1.29, 1.82) is 0 Å². The Morgan fingerprint density at radius 3 is 1.65 bits per heavy atom. The molecule has 0 unspecified atom stereocenters. The van der Waals surface area contributed by atoms with E-state index in [1.807, 2.05) is 0 Å². The van der Waals surface area contributed by atoms with Crippen LogP contribution in [0, 0.1) is 0 Å². The molecule has 3 nitrogen and oxygen atoms in total. The lowest BCUT2D eigenvalue weighted by Crippen LogP contribution is -2.25. The van der Waals surface area contributed by atoms with E-state index in [1.165, 1.54) is 71.6 Å². The average Bonchev–Trinajstić information content (AvgIpc) is 3.92. The van der Waals surface area contributed by atoms with Gasteiger partial charge in [0.25, 0.3) is 0 Å². The van der Waals surface area contributed by atoms with Gasteiger partial charge in [-0.25, -0.2) is 9.97 Å². The van der Waals surface area contributed by atoms with Crippen LogP contribution in [0.15, 0.2) is 176 Å². The third-order valence-corrected chi connectivity index (χ3v) is 13.3. The minimum absolute atomic E-state index is 0.315. The molecule has 0 amide bonds. The van der Waals surface area contributed by atoms with Crippen LogP contribution < -0.4 is 0 Å². The molecule has 0 aliphatic heterocycles. The second kappa shape index (κ2) is 10.8. The van der Waals surface area contributed by atoms with Crippen molar-refractivity contribution in [3.8, 4) is 50.6 Å². The molecule has 1 spiro atoms. The number of para-hydroxylation sites is 1. The first-order chi connectivity index (χ1) is 28.0. The van der Waals surface area contributed by atoms with E-state index in [0.29, 0.717) is 0 Å². The van der Waals surface area contributed by atoms with Crippen LogP contribution in [0.2, 0.25) is 0 Å². The first-order valence-corrected chi connectivity index (χ1v) is 19.9. The number of fused-ring (bicyclic) bond motifs is 17. The molecule has 266 valence electrons. The van der Waals surface area contributed by atoms with E-state index in [0.717, 1.165) is 45.1 Å². The summed E-state index contributed by atoms with van der Waals surface area (Å²) in [5, 5.41) is 4.85. The third kappa shape index (κ3) is 3.82. The number of benzene rings is 8. The summed E-state index contributed by atoms with van der Waals surface area (Å²) >= 11 is 0. The first-order valence-electron chi connectivity index (χ1n) is 19.9. The van der Waals surface area contributed by atoms with Gasteiger partial charge in [-0.05, 0) is 85.1 Å². The number of rotatable bonds is 2. The van der Waals surface area contributed by atoms with E-state index >= 15 is 0 Å². The molecule has 10 aromatic rings. The third-order valence-electron chi connectivity index (χ3n) is 13.3. The fraction of sp³-hybridized carbons (Fsp3) is 0.0741. The van der Waals surface area contributed by atoms with Gasteiger partial charge in [-0.3, -0.25) is 4.57 Å². The van der Waals surface area contributed by atoms with Gasteiger partial charge in [0.1, 0.15) is 5.69 Å². The van der Waals surface area contributed by atoms with Crippen molar-refractivity contribution < 1.29 is 0 Å². The second-order valence-electron chi connectivity index (χ2n) is 16.5. The van der Waals surface area contributed by atoms with Crippen molar-refractivity contribution in [2.24, 2.45) is 0 Å². The zero-order valence-electron chi connectivity index (χ0n) is 31.6. The van der Waals surface area contributed by atoms with Crippen LogP contribution >= 0.6 is 0 Å². The molecule has 0 fully saturated rings. The van der Waals surface area contributed by atoms with Crippen molar-refractivity contribution in [3.63, 3.8) is 0 Å². The second-order valence-corrected chi connectivity index (χ2v) is 16.5. The summed E-state index contributed by atoms with van der Waals surface area (Å²) in [6.45, 7) is 4.58. The molecule has 2 heterocycles.